The van der Waals surface area contributed by atoms with Crippen LogP contribution in [0.15, 0.2) is 66.7 Å². The maximum atomic E-state index is 13.1. The molecular formula is C27H36Cl2N2O3. The molecular weight excluding hydrogens is 471 g/mol. The average molecular weight is 508 g/mol. The highest BCUT2D eigenvalue weighted by Gasteiger charge is 2.20. The first-order valence-electron chi connectivity index (χ1n) is 11.5. The van der Waals surface area contributed by atoms with E-state index in [1.165, 1.54) is 4.90 Å². The Morgan fingerprint density at radius 2 is 1.62 bits per heavy atom. The molecule has 2 unspecified atom stereocenters. The molecule has 7 heteroatoms. The molecule has 0 amide bonds. The monoisotopic (exact) mass is 506 g/mol. The van der Waals surface area contributed by atoms with Crippen molar-refractivity contribution in [1.82, 2.24) is 0 Å². The van der Waals surface area contributed by atoms with Crippen LogP contribution in [0.2, 0.25) is 0 Å². The van der Waals surface area contributed by atoms with Gasteiger partial charge >= 0.3 is 0 Å². The van der Waals surface area contributed by atoms with Gasteiger partial charge in [-0.05, 0) is 35.4 Å². The molecule has 3 aromatic carbocycles. The highest BCUT2D eigenvalue weighted by atomic mass is 35.5. The fourth-order valence-corrected chi connectivity index (χ4v) is 3.86. The summed E-state index contributed by atoms with van der Waals surface area (Å²) in [5.74, 6) is 0.737. The van der Waals surface area contributed by atoms with Crippen LogP contribution in [0, 0.1) is 0 Å². The van der Waals surface area contributed by atoms with E-state index in [-0.39, 0.29) is 36.6 Å². The Balaban J connectivity index is 0.00000289. The summed E-state index contributed by atoms with van der Waals surface area (Å²) in [6.07, 6.45) is 0.762. The molecule has 0 radical (unpaired) electrons. The minimum atomic E-state index is -0.565. The SMILES string of the molecule is CC([NH2+]CCC(=O)c1cc2ccccc2cc1OCCC[NH+](C)C)C(O)c1ccccc1.[Cl-].[Cl-]. The molecule has 3 aromatic rings. The van der Waals surface area contributed by atoms with Gasteiger partial charge < -0.3 is 44.9 Å². The van der Waals surface area contributed by atoms with Gasteiger partial charge in [-0.15, -0.1) is 0 Å². The van der Waals surface area contributed by atoms with Gasteiger partial charge in [0.05, 0.1) is 45.8 Å². The summed E-state index contributed by atoms with van der Waals surface area (Å²) in [7, 11) is 4.24. The number of nitrogens with two attached hydrogens (primary N) is 1. The number of halogens is 2. The van der Waals surface area contributed by atoms with Crippen LogP contribution in [0.1, 0.15) is 41.8 Å². The third-order valence-corrected chi connectivity index (χ3v) is 5.78. The van der Waals surface area contributed by atoms with Crippen LogP contribution in [0.3, 0.4) is 0 Å². The topological polar surface area (TPSA) is 67.6 Å². The Morgan fingerprint density at radius 3 is 2.26 bits per heavy atom. The molecule has 0 fully saturated rings. The summed E-state index contributed by atoms with van der Waals surface area (Å²) in [5.41, 5.74) is 1.54. The molecule has 4 N–H and O–H groups in total. The second kappa shape index (κ2) is 15.0. The molecule has 5 nitrogen and oxygen atoms in total. The van der Waals surface area contributed by atoms with Crippen molar-refractivity contribution in [3.8, 4) is 5.75 Å². The van der Waals surface area contributed by atoms with Crippen LogP contribution in [0.4, 0.5) is 0 Å². The predicted octanol–water partition coefficient (Wildman–Crippen LogP) is -3.98. The van der Waals surface area contributed by atoms with Gasteiger partial charge in [0.15, 0.2) is 5.78 Å². The second-order valence-corrected chi connectivity index (χ2v) is 8.77. The first-order chi connectivity index (χ1) is 15.5. The molecule has 34 heavy (non-hydrogen) atoms. The molecule has 3 rings (SSSR count). The second-order valence-electron chi connectivity index (χ2n) is 8.77. The van der Waals surface area contributed by atoms with Crippen LogP contribution < -0.4 is 39.8 Å². The van der Waals surface area contributed by atoms with Crippen molar-refractivity contribution in [2.24, 2.45) is 0 Å². The van der Waals surface area contributed by atoms with Crippen molar-refractivity contribution >= 4 is 16.6 Å². The summed E-state index contributed by atoms with van der Waals surface area (Å²) >= 11 is 0. The van der Waals surface area contributed by atoms with Crippen LogP contribution in [0.25, 0.3) is 10.8 Å². The summed E-state index contributed by atoms with van der Waals surface area (Å²) in [5, 5.41) is 14.7. The number of ketones is 1. The number of Topliss-reactive ketones (excluding diaryl/α,β-unsaturated/α-hetero) is 1. The van der Waals surface area contributed by atoms with Gasteiger partial charge in [-0.25, -0.2) is 0 Å². The van der Waals surface area contributed by atoms with E-state index in [4.69, 9.17) is 4.74 Å². The summed E-state index contributed by atoms with van der Waals surface area (Å²) < 4.78 is 6.06. The quantitative estimate of drug-likeness (QED) is 0.173. The largest absolute Gasteiger partial charge is 1.00 e. The van der Waals surface area contributed by atoms with Crippen molar-refractivity contribution in [1.29, 1.82) is 0 Å². The molecule has 0 heterocycles. The third-order valence-electron chi connectivity index (χ3n) is 5.78. The van der Waals surface area contributed by atoms with Gasteiger partial charge in [-0.3, -0.25) is 4.79 Å². The smallest absolute Gasteiger partial charge is 0.172 e. The maximum absolute atomic E-state index is 13.1. The maximum Gasteiger partial charge on any atom is 0.172 e. The van der Waals surface area contributed by atoms with Gasteiger partial charge in [-0.2, -0.15) is 0 Å². The number of fused-ring (bicyclic) bond motifs is 1. The molecule has 0 aliphatic heterocycles. The molecule has 0 saturated carbocycles. The lowest BCUT2D eigenvalue weighted by atomic mass is 10.0. The number of aliphatic hydroxyl groups excluding tert-OH is 1. The van der Waals surface area contributed by atoms with E-state index in [1.807, 2.05) is 79.0 Å². The molecule has 2 atom stereocenters. The Bertz CT molecular complexity index is 1020. The normalized spacial score (nSPS) is 12.5. The molecule has 0 spiro atoms. The van der Waals surface area contributed by atoms with E-state index in [9.17, 15) is 9.90 Å². The predicted molar refractivity (Wildman–Crippen MR) is 128 cm³/mol. The number of aliphatic hydroxyl groups is 1. The summed E-state index contributed by atoms with van der Waals surface area (Å²) in [4.78, 5) is 14.5. The standard InChI is InChI=1S/C27H34N2O3.2ClH/c1-20(27(31)21-10-5-4-6-11-21)28-15-14-25(30)24-18-22-12-7-8-13-23(22)19-26(24)32-17-9-16-29(2)3;;/h4-8,10-13,18-20,27-28,31H,9,14-17H2,1-3H3;2*1H. The van der Waals surface area contributed by atoms with E-state index in [0.717, 1.165) is 29.3 Å². The number of nitrogens with one attached hydrogen (secondary N) is 1. The highest BCUT2D eigenvalue weighted by molar-refractivity contribution is 6.02. The van der Waals surface area contributed by atoms with Crippen molar-refractivity contribution in [3.05, 3.63) is 77.9 Å². The Hall–Kier alpha value is -2.15. The van der Waals surface area contributed by atoms with Gasteiger partial charge in [0.1, 0.15) is 17.9 Å². The number of carbonyl (C=O) groups is 1. The van der Waals surface area contributed by atoms with Crippen LogP contribution in [-0.2, 0) is 0 Å². The van der Waals surface area contributed by atoms with Gasteiger partial charge in [0, 0.05) is 6.42 Å². The number of rotatable bonds is 12. The number of benzene rings is 3. The van der Waals surface area contributed by atoms with E-state index in [1.54, 1.807) is 0 Å². The third kappa shape index (κ3) is 8.57. The number of carbonyl (C=O) groups excluding carboxylic acids is 1. The van der Waals surface area contributed by atoms with E-state index < -0.39 is 6.10 Å². The Kier molecular flexibility index (Phi) is 13.2. The summed E-state index contributed by atoms with van der Waals surface area (Å²) in [6.45, 7) is 4.21. The van der Waals surface area contributed by atoms with Crippen LogP contribution >= 0.6 is 0 Å². The first kappa shape index (κ1) is 29.9. The fraction of sp³-hybridized carbons (Fsp3) is 0.370. The van der Waals surface area contributed by atoms with Crippen molar-refractivity contribution in [2.45, 2.75) is 31.9 Å². The lowest BCUT2D eigenvalue weighted by Crippen LogP contribution is -3.05. The zero-order valence-electron chi connectivity index (χ0n) is 20.1. The number of hydrogen-bond donors (Lipinski definition) is 3. The Morgan fingerprint density at radius 1 is 1.00 bits per heavy atom. The number of quaternary nitrogens is 2. The molecule has 0 aromatic heterocycles. The van der Waals surface area contributed by atoms with Gasteiger partial charge in [-0.1, -0.05) is 54.6 Å². The highest BCUT2D eigenvalue weighted by Crippen LogP contribution is 2.27. The average Bonchev–Trinajstić information content (AvgIpc) is 2.81. The van der Waals surface area contributed by atoms with Gasteiger partial charge in [0.2, 0.25) is 0 Å². The first-order valence-corrected chi connectivity index (χ1v) is 11.5. The minimum absolute atomic E-state index is 0. The zero-order valence-corrected chi connectivity index (χ0v) is 21.6. The molecule has 186 valence electrons. The number of hydrogen-bond acceptors (Lipinski definition) is 3. The number of ether oxygens (including phenoxy) is 1. The Labute approximate surface area is 215 Å². The van der Waals surface area contributed by atoms with E-state index in [0.29, 0.717) is 30.9 Å². The lowest BCUT2D eigenvalue weighted by molar-refractivity contribution is -0.858. The zero-order chi connectivity index (χ0) is 22.9. The molecule has 0 aliphatic rings. The van der Waals surface area contributed by atoms with Crippen molar-refractivity contribution < 1.29 is 49.7 Å². The molecule has 0 bridgehead atoms. The van der Waals surface area contributed by atoms with Crippen LogP contribution in [-0.4, -0.2) is 50.7 Å². The van der Waals surface area contributed by atoms with Crippen molar-refractivity contribution in [2.75, 3.05) is 33.8 Å². The minimum Gasteiger partial charge on any atom is -1.00 e. The lowest BCUT2D eigenvalue weighted by Gasteiger charge is -2.18. The van der Waals surface area contributed by atoms with Gasteiger partial charge in [0.25, 0.3) is 0 Å². The fourth-order valence-electron chi connectivity index (χ4n) is 3.86. The van der Waals surface area contributed by atoms with E-state index >= 15 is 0 Å². The van der Waals surface area contributed by atoms with Crippen molar-refractivity contribution in [3.63, 3.8) is 0 Å². The van der Waals surface area contributed by atoms with E-state index in [2.05, 4.69) is 14.1 Å². The molecule has 0 aliphatic carbocycles. The molecule has 0 saturated heterocycles. The summed E-state index contributed by atoms with van der Waals surface area (Å²) in [6, 6.07) is 21.6. The van der Waals surface area contributed by atoms with Crippen LogP contribution in [0.5, 0.6) is 5.75 Å².